The molecule has 0 bridgehead atoms. The van der Waals surface area contributed by atoms with Crippen LogP contribution < -0.4 is 13.8 Å². The van der Waals surface area contributed by atoms with Gasteiger partial charge >= 0.3 is 0 Å². The third-order valence-electron chi connectivity index (χ3n) is 4.75. The number of rotatable bonds is 5. The number of sulfonamides is 1. The molecular formula is C23H21NO4S. The van der Waals surface area contributed by atoms with Gasteiger partial charge < -0.3 is 9.47 Å². The molecule has 1 aliphatic heterocycles. The predicted octanol–water partition coefficient (Wildman–Crippen LogP) is 4.63. The van der Waals surface area contributed by atoms with Crippen LogP contribution in [0.3, 0.4) is 0 Å². The van der Waals surface area contributed by atoms with E-state index in [1.165, 1.54) is 4.31 Å². The molecule has 3 aromatic carbocycles. The number of methoxy groups -OCH3 is 1. The lowest BCUT2D eigenvalue weighted by Crippen LogP contribution is -2.31. The van der Waals surface area contributed by atoms with Crippen LogP contribution in [0, 0.1) is 6.92 Å². The molecule has 148 valence electrons. The SMILES string of the molecule is COc1ccc2c(c1)OCC=C2N(c1ccccc1)S(=O)(=O)c1ccc(C)cc1. The van der Waals surface area contributed by atoms with Crippen LogP contribution >= 0.6 is 0 Å². The molecule has 0 radical (unpaired) electrons. The summed E-state index contributed by atoms with van der Waals surface area (Å²) in [6.45, 7) is 2.19. The molecule has 4 rings (SSSR count). The van der Waals surface area contributed by atoms with Crippen molar-refractivity contribution < 1.29 is 17.9 Å². The van der Waals surface area contributed by atoms with Gasteiger partial charge in [-0.3, -0.25) is 0 Å². The van der Waals surface area contributed by atoms with Crippen LogP contribution in [0.2, 0.25) is 0 Å². The molecule has 0 spiro atoms. The van der Waals surface area contributed by atoms with Crippen molar-refractivity contribution in [3.05, 3.63) is 90.0 Å². The van der Waals surface area contributed by atoms with Crippen molar-refractivity contribution in [3.8, 4) is 11.5 Å². The summed E-state index contributed by atoms with van der Waals surface area (Å²) in [4.78, 5) is 0.231. The Morgan fingerprint density at radius 3 is 2.38 bits per heavy atom. The van der Waals surface area contributed by atoms with E-state index in [1.54, 1.807) is 61.7 Å². The van der Waals surface area contributed by atoms with E-state index in [0.29, 0.717) is 28.4 Å². The molecule has 0 amide bonds. The highest BCUT2D eigenvalue weighted by Crippen LogP contribution is 2.39. The largest absolute Gasteiger partial charge is 0.497 e. The molecule has 0 atom stereocenters. The van der Waals surface area contributed by atoms with Crippen LogP contribution in [0.25, 0.3) is 5.70 Å². The maximum absolute atomic E-state index is 13.7. The first-order valence-electron chi connectivity index (χ1n) is 9.19. The predicted molar refractivity (Wildman–Crippen MR) is 114 cm³/mol. The van der Waals surface area contributed by atoms with Crippen LogP contribution in [0.5, 0.6) is 11.5 Å². The highest BCUT2D eigenvalue weighted by molar-refractivity contribution is 7.93. The lowest BCUT2D eigenvalue weighted by molar-refractivity contribution is 0.351. The third-order valence-corrected chi connectivity index (χ3v) is 6.51. The maximum atomic E-state index is 13.7. The van der Waals surface area contributed by atoms with E-state index in [0.717, 1.165) is 5.56 Å². The minimum absolute atomic E-state index is 0.231. The number of nitrogens with zero attached hydrogens (tertiary/aromatic N) is 1. The number of anilines is 1. The second-order valence-electron chi connectivity index (χ2n) is 6.68. The number of fused-ring (bicyclic) bond motifs is 1. The lowest BCUT2D eigenvalue weighted by Gasteiger charge is -2.30. The van der Waals surface area contributed by atoms with E-state index in [-0.39, 0.29) is 11.5 Å². The van der Waals surface area contributed by atoms with Crippen molar-refractivity contribution in [2.75, 3.05) is 18.0 Å². The van der Waals surface area contributed by atoms with E-state index in [4.69, 9.17) is 9.47 Å². The van der Waals surface area contributed by atoms with Gasteiger partial charge in [-0.1, -0.05) is 35.9 Å². The van der Waals surface area contributed by atoms with Crippen LogP contribution in [0.1, 0.15) is 11.1 Å². The molecule has 0 N–H and O–H groups in total. The Bertz CT molecular complexity index is 1150. The van der Waals surface area contributed by atoms with E-state index >= 15 is 0 Å². The number of aryl methyl sites for hydroxylation is 1. The first-order valence-corrected chi connectivity index (χ1v) is 10.6. The summed E-state index contributed by atoms with van der Waals surface area (Å²) in [6, 6.07) is 21.3. The molecule has 0 saturated carbocycles. The van der Waals surface area contributed by atoms with Crippen LogP contribution in [-0.4, -0.2) is 22.1 Å². The molecule has 0 aromatic heterocycles. The van der Waals surface area contributed by atoms with Gasteiger partial charge in [0, 0.05) is 11.6 Å². The second-order valence-corrected chi connectivity index (χ2v) is 8.47. The summed E-state index contributed by atoms with van der Waals surface area (Å²) >= 11 is 0. The Balaban J connectivity index is 1.90. The van der Waals surface area contributed by atoms with Crippen molar-refractivity contribution in [2.45, 2.75) is 11.8 Å². The molecule has 0 aliphatic carbocycles. The molecule has 0 saturated heterocycles. The number of benzene rings is 3. The summed E-state index contributed by atoms with van der Waals surface area (Å²) < 4.78 is 39.8. The Hall–Kier alpha value is -3.25. The number of ether oxygens (including phenoxy) is 2. The summed E-state index contributed by atoms with van der Waals surface area (Å²) in [5.41, 5.74) is 2.80. The summed E-state index contributed by atoms with van der Waals surface area (Å²) in [5, 5.41) is 0. The van der Waals surface area contributed by atoms with Crippen molar-refractivity contribution in [1.82, 2.24) is 0 Å². The summed E-state index contributed by atoms with van der Waals surface area (Å²) in [6.07, 6.45) is 1.79. The number of hydrogen-bond acceptors (Lipinski definition) is 4. The molecule has 1 heterocycles. The van der Waals surface area contributed by atoms with Gasteiger partial charge in [-0.15, -0.1) is 0 Å². The van der Waals surface area contributed by atoms with Crippen molar-refractivity contribution in [1.29, 1.82) is 0 Å². The zero-order chi connectivity index (χ0) is 20.4. The molecule has 6 heteroatoms. The van der Waals surface area contributed by atoms with Gasteiger partial charge in [-0.05, 0) is 49.4 Å². The standard InChI is InChI=1S/C23H21NO4S/c1-17-8-11-20(12-9-17)29(25,26)24(18-6-4-3-5-7-18)22-14-15-28-23-16-19(27-2)10-13-21(22)23/h3-14,16H,15H2,1-2H3. The average Bonchev–Trinajstić information content (AvgIpc) is 2.74. The van der Waals surface area contributed by atoms with Gasteiger partial charge in [0.15, 0.2) is 0 Å². The summed E-state index contributed by atoms with van der Waals surface area (Å²) in [5.74, 6) is 1.24. The molecule has 3 aromatic rings. The first kappa shape index (κ1) is 19.1. The fourth-order valence-electron chi connectivity index (χ4n) is 3.26. The lowest BCUT2D eigenvalue weighted by atomic mass is 10.1. The van der Waals surface area contributed by atoms with Crippen LogP contribution in [0.4, 0.5) is 5.69 Å². The van der Waals surface area contributed by atoms with Gasteiger partial charge in [-0.25, -0.2) is 12.7 Å². The van der Waals surface area contributed by atoms with E-state index < -0.39 is 10.0 Å². The molecule has 0 unspecified atom stereocenters. The normalized spacial score (nSPS) is 13.1. The monoisotopic (exact) mass is 407 g/mol. The molecule has 29 heavy (non-hydrogen) atoms. The first-order chi connectivity index (χ1) is 14.0. The number of para-hydroxylation sites is 1. The van der Waals surface area contributed by atoms with Gasteiger partial charge in [0.2, 0.25) is 0 Å². The Labute approximate surface area is 170 Å². The molecular weight excluding hydrogens is 386 g/mol. The second kappa shape index (κ2) is 7.64. The third kappa shape index (κ3) is 3.59. The molecule has 1 aliphatic rings. The smallest absolute Gasteiger partial charge is 0.268 e. The van der Waals surface area contributed by atoms with Crippen LogP contribution in [-0.2, 0) is 10.0 Å². The zero-order valence-corrected chi connectivity index (χ0v) is 17.0. The Morgan fingerprint density at radius 1 is 0.966 bits per heavy atom. The quantitative estimate of drug-likeness (QED) is 0.619. The van der Waals surface area contributed by atoms with Gasteiger partial charge in [0.25, 0.3) is 10.0 Å². The fraction of sp³-hybridized carbons (Fsp3) is 0.130. The van der Waals surface area contributed by atoms with Gasteiger partial charge in [0.1, 0.15) is 18.1 Å². The van der Waals surface area contributed by atoms with Crippen LogP contribution in [0.15, 0.2) is 83.8 Å². The fourth-order valence-corrected chi connectivity index (χ4v) is 4.78. The zero-order valence-electron chi connectivity index (χ0n) is 16.2. The minimum Gasteiger partial charge on any atom is -0.497 e. The molecule has 5 nitrogen and oxygen atoms in total. The average molecular weight is 407 g/mol. The minimum atomic E-state index is -3.85. The Kier molecular flexibility index (Phi) is 5.03. The summed E-state index contributed by atoms with van der Waals surface area (Å²) in [7, 11) is -2.27. The topological polar surface area (TPSA) is 55.8 Å². The highest BCUT2D eigenvalue weighted by Gasteiger charge is 2.31. The van der Waals surface area contributed by atoms with Crippen molar-refractivity contribution >= 4 is 21.4 Å². The Morgan fingerprint density at radius 2 is 1.69 bits per heavy atom. The van der Waals surface area contributed by atoms with E-state index in [9.17, 15) is 8.42 Å². The highest BCUT2D eigenvalue weighted by atomic mass is 32.2. The van der Waals surface area contributed by atoms with Gasteiger partial charge in [-0.2, -0.15) is 0 Å². The van der Waals surface area contributed by atoms with Crippen molar-refractivity contribution in [2.24, 2.45) is 0 Å². The van der Waals surface area contributed by atoms with E-state index in [1.807, 2.05) is 31.2 Å². The number of hydrogen-bond donors (Lipinski definition) is 0. The molecule has 0 fully saturated rings. The van der Waals surface area contributed by atoms with Crippen molar-refractivity contribution in [3.63, 3.8) is 0 Å². The van der Waals surface area contributed by atoms with Gasteiger partial charge in [0.05, 0.1) is 23.4 Å². The maximum Gasteiger partial charge on any atom is 0.268 e. The van der Waals surface area contributed by atoms with E-state index in [2.05, 4.69) is 0 Å².